The molecule has 120 valence electrons. The maximum absolute atomic E-state index is 12.2. The molecule has 1 N–H and O–H groups in total. The van der Waals surface area contributed by atoms with Gasteiger partial charge in [-0.2, -0.15) is 4.98 Å². The Morgan fingerprint density at radius 2 is 2.17 bits per heavy atom. The number of nitrogens with one attached hydrogen (secondary N) is 1. The maximum atomic E-state index is 12.2. The maximum Gasteiger partial charge on any atom is 0.338 e. The summed E-state index contributed by atoms with van der Waals surface area (Å²) in [6, 6.07) is 6.65. The van der Waals surface area contributed by atoms with Gasteiger partial charge in [0.1, 0.15) is 0 Å². The summed E-state index contributed by atoms with van der Waals surface area (Å²) in [7, 11) is 0. The van der Waals surface area contributed by atoms with Crippen molar-refractivity contribution in [3.05, 3.63) is 41.5 Å². The van der Waals surface area contributed by atoms with E-state index in [1.54, 1.807) is 38.1 Å². The summed E-state index contributed by atoms with van der Waals surface area (Å²) in [6.45, 7) is 3.34. The first-order chi connectivity index (χ1) is 11.0. The van der Waals surface area contributed by atoms with Crippen molar-refractivity contribution in [3.63, 3.8) is 0 Å². The number of nitrogens with zero attached hydrogens (tertiary/aromatic N) is 2. The number of rotatable bonds is 5. The Balaban J connectivity index is 1.65. The Labute approximate surface area is 133 Å². The first-order valence-electron chi connectivity index (χ1n) is 7.45. The fraction of sp³-hybridized carbons (Fsp3) is 0.375. The number of esters is 1. The fourth-order valence-electron chi connectivity index (χ4n) is 2.07. The lowest BCUT2D eigenvalue weighted by Gasteiger charge is -2.10. The molecular formula is C16H17N3O4. The third-order valence-corrected chi connectivity index (χ3v) is 3.49. The van der Waals surface area contributed by atoms with Gasteiger partial charge in [-0.3, -0.25) is 4.79 Å². The Morgan fingerprint density at radius 3 is 2.83 bits per heavy atom. The van der Waals surface area contributed by atoms with Crippen molar-refractivity contribution in [2.24, 2.45) is 5.92 Å². The van der Waals surface area contributed by atoms with Gasteiger partial charge in [0, 0.05) is 11.6 Å². The predicted molar refractivity (Wildman–Crippen MR) is 80.7 cm³/mol. The van der Waals surface area contributed by atoms with Crippen LogP contribution in [0.5, 0.6) is 0 Å². The molecule has 1 amide bonds. The molecule has 1 atom stereocenters. The minimum absolute atomic E-state index is 0.00906. The average molecular weight is 315 g/mol. The van der Waals surface area contributed by atoms with Crippen molar-refractivity contribution in [1.29, 1.82) is 0 Å². The number of amides is 1. The molecule has 0 bridgehead atoms. The van der Waals surface area contributed by atoms with Gasteiger partial charge in [-0.05, 0) is 44.9 Å². The van der Waals surface area contributed by atoms with Crippen LogP contribution in [0.25, 0.3) is 0 Å². The van der Waals surface area contributed by atoms with Gasteiger partial charge in [-0.25, -0.2) is 4.79 Å². The van der Waals surface area contributed by atoms with Crippen molar-refractivity contribution in [2.45, 2.75) is 32.8 Å². The molecule has 7 nitrogen and oxygen atoms in total. The Kier molecular flexibility index (Phi) is 4.10. The lowest BCUT2D eigenvalue weighted by molar-refractivity contribution is -0.117. The second-order valence-corrected chi connectivity index (χ2v) is 5.57. The molecule has 1 aliphatic rings. The van der Waals surface area contributed by atoms with Crippen molar-refractivity contribution >= 4 is 17.6 Å². The van der Waals surface area contributed by atoms with E-state index in [0.717, 1.165) is 12.8 Å². The van der Waals surface area contributed by atoms with Crippen molar-refractivity contribution in [2.75, 3.05) is 5.32 Å². The van der Waals surface area contributed by atoms with Gasteiger partial charge in [-0.15, -0.1) is 0 Å². The number of ether oxygens (including phenoxy) is 1. The molecule has 1 aliphatic carbocycles. The molecular weight excluding hydrogens is 298 g/mol. The molecule has 7 heteroatoms. The Morgan fingerprint density at radius 1 is 1.39 bits per heavy atom. The van der Waals surface area contributed by atoms with Crippen LogP contribution in [0.1, 0.15) is 47.9 Å². The number of anilines is 1. The van der Waals surface area contributed by atoms with Gasteiger partial charge in [0.05, 0.1) is 5.56 Å². The van der Waals surface area contributed by atoms with E-state index in [9.17, 15) is 9.59 Å². The van der Waals surface area contributed by atoms with E-state index in [1.807, 2.05) is 0 Å². The second-order valence-electron chi connectivity index (χ2n) is 5.57. The van der Waals surface area contributed by atoms with E-state index in [0.29, 0.717) is 17.1 Å². The first kappa shape index (κ1) is 15.2. The summed E-state index contributed by atoms with van der Waals surface area (Å²) < 4.78 is 10.3. The van der Waals surface area contributed by atoms with Crippen LogP contribution in [0.4, 0.5) is 5.69 Å². The molecule has 23 heavy (non-hydrogen) atoms. The summed E-state index contributed by atoms with van der Waals surface area (Å²) in [5.41, 5.74) is 0.930. The second kappa shape index (κ2) is 6.20. The zero-order valence-corrected chi connectivity index (χ0v) is 12.9. The lowest BCUT2D eigenvalue weighted by atomic mass is 10.2. The quantitative estimate of drug-likeness (QED) is 0.852. The van der Waals surface area contributed by atoms with Crippen LogP contribution < -0.4 is 5.32 Å². The van der Waals surface area contributed by atoms with Crippen LogP contribution in [-0.2, 0) is 9.53 Å². The van der Waals surface area contributed by atoms with Gasteiger partial charge in [0.15, 0.2) is 11.9 Å². The summed E-state index contributed by atoms with van der Waals surface area (Å²) in [6.07, 6.45) is 1.21. The molecule has 1 fully saturated rings. The molecule has 1 saturated carbocycles. The van der Waals surface area contributed by atoms with E-state index in [1.165, 1.54) is 0 Å². The fourth-order valence-corrected chi connectivity index (χ4v) is 2.07. The number of hydrogen-bond donors (Lipinski definition) is 1. The molecule has 1 aromatic carbocycles. The topological polar surface area (TPSA) is 94.3 Å². The first-order valence-corrected chi connectivity index (χ1v) is 7.45. The number of hydrogen-bond acceptors (Lipinski definition) is 6. The normalized spacial score (nSPS) is 15.0. The van der Waals surface area contributed by atoms with Gasteiger partial charge in [-0.1, -0.05) is 11.2 Å². The van der Waals surface area contributed by atoms with Crippen LogP contribution in [0, 0.1) is 12.8 Å². The van der Waals surface area contributed by atoms with E-state index in [-0.39, 0.29) is 17.7 Å². The highest BCUT2D eigenvalue weighted by Crippen LogP contribution is 2.30. The highest BCUT2D eigenvalue weighted by atomic mass is 16.6. The molecule has 0 spiro atoms. The molecule has 0 saturated heterocycles. The average Bonchev–Trinajstić information content (AvgIpc) is 3.29. The number of carbonyl (C=O) groups is 2. The van der Waals surface area contributed by atoms with Gasteiger partial charge in [0.25, 0.3) is 5.89 Å². The third kappa shape index (κ3) is 3.74. The smallest absolute Gasteiger partial charge is 0.338 e. The minimum Gasteiger partial charge on any atom is -0.449 e. The van der Waals surface area contributed by atoms with Gasteiger partial charge in [0.2, 0.25) is 5.91 Å². The van der Waals surface area contributed by atoms with Gasteiger partial charge >= 0.3 is 5.97 Å². The van der Waals surface area contributed by atoms with Crippen LogP contribution in [0.2, 0.25) is 0 Å². The monoisotopic (exact) mass is 315 g/mol. The molecule has 0 aliphatic heterocycles. The van der Waals surface area contributed by atoms with Gasteiger partial charge < -0.3 is 14.6 Å². The van der Waals surface area contributed by atoms with E-state index in [4.69, 9.17) is 9.26 Å². The SMILES string of the molecule is Cc1noc(C(C)OC(=O)c2cccc(NC(=O)C3CC3)c2)n1. The largest absolute Gasteiger partial charge is 0.449 e. The van der Waals surface area contributed by atoms with Crippen LogP contribution in [-0.4, -0.2) is 22.0 Å². The molecule has 0 radical (unpaired) electrons. The van der Waals surface area contributed by atoms with E-state index >= 15 is 0 Å². The Bertz CT molecular complexity index is 736. The lowest BCUT2D eigenvalue weighted by Crippen LogP contribution is -2.14. The van der Waals surface area contributed by atoms with Crippen molar-refractivity contribution < 1.29 is 18.8 Å². The number of carbonyl (C=O) groups excluding carboxylic acids is 2. The minimum atomic E-state index is -0.645. The zero-order chi connectivity index (χ0) is 16.4. The van der Waals surface area contributed by atoms with Crippen LogP contribution >= 0.6 is 0 Å². The summed E-state index contributed by atoms with van der Waals surface area (Å²) in [5.74, 6) is 0.300. The molecule has 1 heterocycles. The highest BCUT2D eigenvalue weighted by molar-refractivity contribution is 5.96. The van der Waals surface area contributed by atoms with Crippen molar-refractivity contribution in [3.8, 4) is 0 Å². The molecule has 1 unspecified atom stereocenters. The molecule has 3 rings (SSSR count). The predicted octanol–water partition coefficient (Wildman–Crippen LogP) is 2.64. The third-order valence-electron chi connectivity index (χ3n) is 3.49. The standard InChI is InChI=1S/C16H17N3O4/c1-9(15-17-10(2)19-23-15)22-16(21)12-4-3-5-13(8-12)18-14(20)11-6-7-11/h3-5,8-9,11H,6-7H2,1-2H3,(H,18,20). The highest BCUT2D eigenvalue weighted by Gasteiger charge is 2.29. The summed E-state index contributed by atoms with van der Waals surface area (Å²) in [4.78, 5) is 28.0. The van der Waals surface area contributed by atoms with Crippen molar-refractivity contribution in [1.82, 2.24) is 10.1 Å². The number of aromatic nitrogens is 2. The van der Waals surface area contributed by atoms with Crippen LogP contribution in [0.15, 0.2) is 28.8 Å². The number of aryl methyl sites for hydroxylation is 1. The Hall–Kier alpha value is -2.70. The van der Waals surface area contributed by atoms with E-state index < -0.39 is 12.1 Å². The number of benzene rings is 1. The van der Waals surface area contributed by atoms with Crippen LogP contribution in [0.3, 0.4) is 0 Å². The summed E-state index contributed by atoms with van der Waals surface area (Å²) >= 11 is 0. The molecule has 2 aromatic rings. The van der Waals surface area contributed by atoms with E-state index in [2.05, 4.69) is 15.5 Å². The molecule has 1 aromatic heterocycles. The zero-order valence-electron chi connectivity index (χ0n) is 12.9. The summed E-state index contributed by atoms with van der Waals surface area (Å²) in [5, 5.41) is 6.46.